The number of nitrogens with two attached hydrogens (primary N) is 1. The van der Waals surface area contributed by atoms with Crippen molar-refractivity contribution in [2.24, 2.45) is 0 Å². The molecule has 0 aromatic carbocycles. The maximum atomic E-state index is 12.6. The highest BCUT2D eigenvalue weighted by Crippen LogP contribution is 2.31. The monoisotopic (exact) mass is 287 g/mol. The first kappa shape index (κ1) is 14.1. The predicted molar refractivity (Wildman–Crippen MR) is 64.9 cm³/mol. The van der Waals surface area contributed by atoms with E-state index in [1.54, 1.807) is 6.92 Å². The Bertz CT molecular complexity index is 596. The first-order valence-corrected chi connectivity index (χ1v) is 5.72. The Kier molecular flexibility index (Phi) is 3.77. The number of aryl methyl sites for hydroxylation is 1. The maximum absolute atomic E-state index is 12.6. The van der Waals surface area contributed by atoms with Crippen LogP contribution in [0.5, 0.6) is 0 Å². The molecule has 0 fully saturated rings. The van der Waals surface area contributed by atoms with Crippen LogP contribution in [0.3, 0.4) is 0 Å². The molecule has 0 aliphatic rings. The van der Waals surface area contributed by atoms with Crippen molar-refractivity contribution >= 4 is 11.6 Å². The Labute approximate surface area is 112 Å². The second kappa shape index (κ2) is 5.35. The number of hydrogen-bond acceptors (Lipinski definition) is 6. The predicted octanol–water partition coefficient (Wildman–Crippen LogP) is 2.03. The van der Waals surface area contributed by atoms with Crippen molar-refractivity contribution in [1.29, 1.82) is 0 Å². The highest BCUT2D eigenvalue weighted by Gasteiger charge is 2.31. The molecule has 0 spiro atoms. The van der Waals surface area contributed by atoms with E-state index < -0.39 is 11.7 Å². The molecule has 108 valence electrons. The maximum Gasteiger partial charge on any atom is 0.416 e. The van der Waals surface area contributed by atoms with Crippen molar-refractivity contribution in [3.05, 3.63) is 29.4 Å². The van der Waals surface area contributed by atoms with Crippen molar-refractivity contribution in [1.82, 2.24) is 15.1 Å². The number of hydrogen-bond donors (Lipinski definition) is 2. The molecule has 20 heavy (non-hydrogen) atoms. The molecule has 0 unspecified atom stereocenters. The number of rotatable bonds is 4. The molecule has 0 saturated heterocycles. The van der Waals surface area contributed by atoms with Crippen LogP contribution in [0.25, 0.3) is 0 Å². The molecule has 0 aliphatic heterocycles. The van der Waals surface area contributed by atoms with Gasteiger partial charge >= 0.3 is 6.18 Å². The SMILES string of the molecule is Cc1noc(CCNc2cc(C(F)(F)F)cc(N)n2)n1. The summed E-state index contributed by atoms with van der Waals surface area (Å²) >= 11 is 0. The number of nitrogens with one attached hydrogen (secondary N) is 1. The Morgan fingerprint density at radius 2 is 2.05 bits per heavy atom. The first-order chi connectivity index (χ1) is 9.34. The van der Waals surface area contributed by atoms with Gasteiger partial charge in [-0.2, -0.15) is 18.2 Å². The van der Waals surface area contributed by atoms with Crippen LogP contribution in [-0.2, 0) is 12.6 Å². The van der Waals surface area contributed by atoms with Crippen LogP contribution in [-0.4, -0.2) is 21.7 Å². The number of nitrogen functional groups attached to an aromatic ring is 1. The van der Waals surface area contributed by atoms with E-state index in [-0.39, 0.29) is 11.6 Å². The van der Waals surface area contributed by atoms with Crippen molar-refractivity contribution in [3.63, 3.8) is 0 Å². The summed E-state index contributed by atoms with van der Waals surface area (Å²) in [4.78, 5) is 7.76. The minimum absolute atomic E-state index is 0.0496. The highest BCUT2D eigenvalue weighted by atomic mass is 19.4. The molecule has 6 nitrogen and oxygen atoms in total. The Morgan fingerprint density at radius 3 is 2.65 bits per heavy atom. The third kappa shape index (κ3) is 3.59. The lowest BCUT2D eigenvalue weighted by molar-refractivity contribution is -0.137. The topological polar surface area (TPSA) is 89.9 Å². The lowest BCUT2D eigenvalue weighted by Gasteiger charge is -2.10. The van der Waals surface area contributed by atoms with Crippen LogP contribution in [0.2, 0.25) is 0 Å². The number of nitrogens with zero attached hydrogens (tertiary/aromatic N) is 3. The molecule has 0 bridgehead atoms. The average molecular weight is 287 g/mol. The molecule has 0 saturated carbocycles. The van der Waals surface area contributed by atoms with E-state index in [0.29, 0.717) is 24.7 Å². The zero-order chi connectivity index (χ0) is 14.8. The van der Waals surface area contributed by atoms with E-state index >= 15 is 0 Å². The van der Waals surface area contributed by atoms with Gasteiger partial charge in [-0.05, 0) is 19.1 Å². The van der Waals surface area contributed by atoms with Gasteiger partial charge in [-0.25, -0.2) is 4.98 Å². The van der Waals surface area contributed by atoms with Crippen molar-refractivity contribution in [2.75, 3.05) is 17.6 Å². The standard InChI is InChI=1S/C11H12F3N5O/c1-6-17-10(20-19-6)2-3-16-9-5-7(11(12,13)14)4-8(15)18-9/h4-5H,2-3H2,1H3,(H3,15,16,18). The summed E-state index contributed by atoms with van der Waals surface area (Å²) in [6.45, 7) is 1.98. The summed E-state index contributed by atoms with van der Waals surface area (Å²) < 4.78 is 42.7. The first-order valence-electron chi connectivity index (χ1n) is 5.72. The number of halogens is 3. The summed E-state index contributed by atoms with van der Waals surface area (Å²) in [5.41, 5.74) is 4.50. The fourth-order valence-electron chi connectivity index (χ4n) is 1.55. The Balaban J connectivity index is 2.00. The second-order valence-corrected chi connectivity index (χ2v) is 4.08. The Hall–Kier alpha value is -2.32. The van der Waals surface area contributed by atoms with Crippen molar-refractivity contribution in [3.8, 4) is 0 Å². The minimum Gasteiger partial charge on any atom is -0.384 e. The second-order valence-electron chi connectivity index (χ2n) is 4.08. The molecular formula is C11H12F3N5O. The van der Waals surface area contributed by atoms with Gasteiger partial charge in [0.05, 0.1) is 5.56 Å². The van der Waals surface area contributed by atoms with E-state index in [1.807, 2.05) is 0 Å². The summed E-state index contributed by atoms with van der Waals surface area (Å²) in [6, 6.07) is 1.68. The minimum atomic E-state index is -4.46. The number of aromatic nitrogens is 3. The number of anilines is 2. The largest absolute Gasteiger partial charge is 0.416 e. The van der Waals surface area contributed by atoms with Crippen LogP contribution >= 0.6 is 0 Å². The van der Waals surface area contributed by atoms with Crippen LogP contribution in [0.1, 0.15) is 17.3 Å². The van der Waals surface area contributed by atoms with E-state index in [9.17, 15) is 13.2 Å². The van der Waals surface area contributed by atoms with Gasteiger partial charge in [0, 0.05) is 13.0 Å². The Morgan fingerprint density at radius 1 is 1.30 bits per heavy atom. The molecule has 0 amide bonds. The van der Waals surface area contributed by atoms with Crippen LogP contribution in [0, 0.1) is 6.92 Å². The highest BCUT2D eigenvalue weighted by molar-refractivity contribution is 5.47. The molecule has 2 aromatic heterocycles. The molecule has 3 N–H and O–H groups in total. The fraction of sp³-hybridized carbons (Fsp3) is 0.364. The van der Waals surface area contributed by atoms with Gasteiger partial charge in [0.2, 0.25) is 5.89 Å². The van der Waals surface area contributed by atoms with Crippen molar-refractivity contribution in [2.45, 2.75) is 19.5 Å². The summed E-state index contributed by atoms with van der Waals surface area (Å²) in [5.74, 6) is 0.751. The van der Waals surface area contributed by atoms with Gasteiger partial charge < -0.3 is 15.6 Å². The number of pyridine rings is 1. The third-order valence-electron chi connectivity index (χ3n) is 2.39. The van der Waals surface area contributed by atoms with E-state index in [2.05, 4.69) is 20.4 Å². The van der Waals surface area contributed by atoms with Gasteiger partial charge in [0.25, 0.3) is 0 Å². The normalized spacial score (nSPS) is 11.6. The molecule has 0 atom stereocenters. The molecule has 2 heterocycles. The fourth-order valence-corrected chi connectivity index (χ4v) is 1.55. The molecule has 0 radical (unpaired) electrons. The smallest absolute Gasteiger partial charge is 0.384 e. The summed E-state index contributed by atoms with van der Waals surface area (Å²) in [6.07, 6.45) is -4.09. The molecular weight excluding hydrogens is 275 g/mol. The van der Waals surface area contributed by atoms with E-state index in [1.165, 1.54) is 0 Å². The number of alkyl halides is 3. The average Bonchev–Trinajstić information content (AvgIpc) is 2.73. The summed E-state index contributed by atoms with van der Waals surface area (Å²) in [7, 11) is 0. The molecule has 2 rings (SSSR count). The van der Waals surface area contributed by atoms with Gasteiger partial charge in [-0.1, -0.05) is 5.16 Å². The van der Waals surface area contributed by atoms with Gasteiger partial charge in [-0.15, -0.1) is 0 Å². The van der Waals surface area contributed by atoms with Crippen molar-refractivity contribution < 1.29 is 17.7 Å². The molecule has 0 aliphatic carbocycles. The van der Waals surface area contributed by atoms with Gasteiger partial charge in [0.1, 0.15) is 11.6 Å². The van der Waals surface area contributed by atoms with E-state index in [0.717, 1.165) is 12.1 Å². The van der Waals surface area contributed by atoms with Crippen LogP contribution in [0.15, 0.2) is 16.7 Å². The zero-order valence-corrected chi connectivity index (χ0v) is 10.5. The zero-order valence-electron chi connectivity index (χ0n) is 10.5. The third-order valence-corrected chi connectivity index (χ3v) is 2.39. The lowest BCUT2D eigenvalue weighted by Crippen LogP contribution is -2.11. The summed E-state index contributed by atoms with van der Waals surface area (Å²) in [5, 5.41) is 6.34. The van der Waals surface area contributed by atoms with Crippen LogP contribution < -0.4 is 11.1 Å². The lowest BCUT2D eigenvalue weighted by atomic mass is 10.2. The van der Waals surface area contributed by atoms with Gasteiger partial charge in [-0.3, -0.25) is 0 Å². The quantitative estimate of drug-likeness (QED) is 0.894. The molecule has 9 heteroatoms. The molecule has 2 aromatic rings. The van der Waals surface area contributed by atoms with Gasteiger partial charge in [0.15, 0.2) is 5.82 Å². The van der Waals surface area contributed by atoms with E-state index in [4.69, 9.17) is 10.3 Å². The van der Waals surface area contributed by atoms with Crippen LogP contribution in [0.4, 0.5) is 24.8 Å².